The van der Waals surface area contributed by atoms with Crippen LogP contribution >= 0.6 is 12.4 Å². The average molecular weight is 406 g/mol. The Morgan fingerprint density at radius 2 is 1.48 bits per heavy atom. The maximum atomic E-state index is 13.1. The maximum Gasteiger partial charge on any atom is 0.416 e. The molecule has 2 nitrogen and oxygen atoms in total. The molecule has 12 heteroatoms. The molecule has 0 aliphatic carbocycles. The summed E-state index contributed by atoms with van der Waals surface area (Å²) in [5.74, 6) is -0.869. The molecule has 0 amide bonds. The third kappa shape index (κ3) is 6.46. The minimum atomic E-state index is -5.25. The zero-order chi connectivity index (χ0) is 18.9. The largest absolute Gasteiger partial charge is 0.496 e. The molecule has 0 bridgehead atoms. The molecule has 146 valence electrons. The van der Waals surface area contributed by atoms with E-state index in [9.17, 15) is 39.5 Å². The maximum absolute atomic E-state index is 13.1. The van der Waals surface area contributed by atoms with Crippen LogP contribution in [-0.2, 0) is 12.4 Å². The van der Waals surface area contributed by atoms with Crippen LogP contribution in [0.1, 0.15) is 35.6 Å². The van der Waals surface area contributed by atoms with Crippen LogP contribution in [0.3, 0.4) is 0 Å². The van der Waals surface area contributed by atoms with E-state index in [-0.39, 0.29) is 24.5 Å². The summed E-state index contributed by atoms with van der Waals surface area (Å²) in [6.45, 7) is 0. The number of halogens is 10. The van der Waals surface area contributed by atoms with Gasteiger partial charge in [-0.15, -0.1) is 12.4 Å². The average Bonchev–Trinajstić information content (AvgIpc) is 2.40. The summed E-state index contributed by atoms with van der Waals surface area (Å²) in [6, 6.07) is -1.72. The number of ether oxygens (including phenoxy) is 1. The Morgan fingerprint density at radius 1 is 0.960 bits per heavy atom. The van der Waals surface area contributed by atoms with Gasteiger partial charge in [0.05, 0.1) is 18.2 Å². The normalized spacial score (nSPS) is 14.0. The molecule has 1 rings (SSSR count). The Labute approximate surface area is 142 Å². The SMILES string of the molecule is COc1cc(C(F)(F)F)cc(C(F)(F)F)c1[C@H](N)CCC(F)(F)F.Cl. The highest BCUT2D eigenvalue weighted by Crippen LogP contribution is 2.44. The van der Waals surface area contributed by atoms with Gasteiger partial charge in [0.2, 0.25) is 0 Å². The van der Waals surface area contributed by atoms with Gasteiger partial charge in [-0.25, -0.2) is 0 Å². The van der Waals surface area contributed by atoms with Crippen molar-refractivity contribution in [1.82, 2.24) is 0 Å². The molecule has 0 fully saturated rings. The number of hydrogen-bond acceptors (Lipinski definition) is 2. The van der Waals surface area contributed by atoms with Gasteiger partial charge in [0.25, 0.3) is 0 Å². The number of methoxy groups -OCH3 is 1. The van der Waals surface area contributed by atoms with Crippen molar-refractivity contribution < 1.29 is 44.3 Å². The van der Waals surface area contributed by atoms with Gasteiger partial charge in [-0.3, -0.25) is 0 Å². The summed E-state index contributed by atoms with van der Waals surface area (Å²) in [5, 5.41) is 0. The van der Waals surface area contributed by atoms with E-state index < -0.39 is 59.9 Å². The van der Waals surface area contributed by atoms with Gasteiger partial charge in [-0.1, -0.05) is 0 Å². The Morgan fingerprint density at radius 3 is 1.84 bits per heavy atom. The summed E-state index contributed by atoms with van der Waals surface area (Å²) in [5.41, 5.74) is 1.02. The van der Waals surface area contributed by atoms with E-state index in [4.69, 9.17) is 5.73 Å². The molecule has 0 heterocycles. The molecule has 2 N–H and O–H groups in total. The van der Waals surface area contributed by atoms with Crippen molar-refractivity contribution in [2.45, 2.75) is 37.4 Å². The van der Waals surface area contributed by atoms with Gasteiger partial charge in [0, 0.05) is 18.0 Å². The van der Waals surface area contributed by atoms with Crippen LogP contribution in [0.4, 0.5) is 39.5 Å². The van der Waals surface area contributed by atoms with Crippen LogP contribution in [-0.4, -0.2) is 13.3 Å². The third-order valence-electron chi connectivity index (χ3n) is 3.10. The Kier molecular flexibility index (Phi) is 7.47. The minimum Gasteiger partial charge on any atom is -0.496 e. The predicted molar refractivity (Wildman–Crippen MR) is 72.5 cm³/mol. The smallest absolute Gasteiger partial charge is 0.416 e. The molecule has 1 atom stereocenters. The molecular formula is C13H13ClF9NO. The lowest BCUT2D eigenvalue weighted by Gasteiger charge is -2.23. The van der Waals surface area contributed by atoms with Gasteiger partial charge < -0.3 is 10.5 Å². The quantitative estimate of drug-likeness (QED) is 0.672. The predicted octanol–water partition coefficient (Wildman–Crippen LogP) is 5.50. The van der Waals surface area contributed by atoms with E-state index in [0.29, 0.717) is 0 Å². The van der Waals surface area contributed by atoms with Crippen molar-refractivity contribution in [3.8, 4) is 5.75 Å². The number of nitrogens with two attached hydrogens (primary N) is 1. The third-order valence-corrected chi connectivity index (χ3v) is 3.10. The molecule has 0 spiro atoms. The molecule has 0 aliphatic rings. The van der Waals surface area contributed by atoms with Crippen LogP contribution in [0.15, 0.2) is 12.1 Å². The molecule has 0 aromatic heterocycles. The lowest BCUT2D eigenvalue weighted by Crippen LogP contribution is -2.22. The minimum absolute atomic E-state index is 0. The molecule has 0 saturated carbocycles. The second-order valence-electron chi connectivity index (χ2n) is 4.90. The molecule has 25 heavy (non-hydrogen) atoms. The highest BCUT2D eigenvalue weighted by molar-refractivity contribution is 5.85. The van der Waals surface area contributed by atoms with Crippen LogP contribution < -0.4 is 10.5 Å². The summed E-state index contributed by atoms with van der Waals surface area (Å²) in [7, 11) is 0.801. The topological polar surface area (TPSA) is 35.2 Å². The Hall–Kier alpha value is -1.36. The molecule has 0 aliphatic heterocycles. The summed E-state index contributed by atoms with van der Waals surface area (Å²) < 4.78 is 118. The zero-order valence-corrected chi connectivity index (χ0v) is 13.3. The fraction of sp³-hybridized carbons (Fsp3) is 0.538. The monoisotopic (exact) mass is 405 g/mol. The van der Waals surface area contributed by atoms with E-state index in [1.807, 2.05) is 0 Å². The van der Waals surface area contributed by atoms with Gasteiger partial charge in [-0.05, 0) is 18.6 Å². The zero-order valence-electron chi connectivity index (χ0n) is 12.4. The van der Waals surface area contributed by atoms with Crippen molar-refractivity contribution >= 4 is 12.4 Å². The first kappa shape index (κ1) is 23.6. The van der Waals surface area contributed by atoms with E-state index in [1.54, 1.807) is 0 Å². The van der Waals surface area contributed by atoms with Gasteiger partial charge in [0.15, 0.2) is 0 Å². The summed E-state index contributed by atoms with van der Waals surface area (Å²) in [4.78, 5) is 0. The second-order valence-corrected chi connectivity index (χ2v) is 4.90. The summed E-state index contributed by atoms with van der Waals surface area (Å²) >= 11 is 0. The molecule has 1 aromatic carbocycles. The standard InChI is InChI=1S/C13H12F9NO.ClH/c1-24-9-5-6(12(17,18)19)4-7(13(20,21)22)10(9)8(23)2-3-11(14,15)16;/h4-5,8H,2-3,23H2,1H3;1H/t8-;/m1./s1. The van der Waals surface area contributed by atoms with Crippen molar-refractivity contribution in [3.63, 3.8) is 0 Å². The first-order chi connectivity index (χ1) is 10.7. The van der Waals surface area contributed by atoms with E-state index in [1.165, 1.54) is 0 Å². The highest BCUT2D eigenvalue weighted by Gasteiger charge is 2.41. The van der Waals surface area contributed by atoms with Crippen LogP contribution in [0.5, 0.6) is 5.75 Å². The Bertz CT molecular complexity index is 581. The molecule has 0 radical (unpaired) electrons. The molecule has 1 aromatic rings. The lowest BCUT2D eigenvalue weighted by molar-refractivity contribution is -0.143. The van der Waals surface area contributed by atoms with Gasteiger partial charge in [0.1, 0.15) is 5.75 Å². The van der Waals surface area contributed by atoms with Crippen molar-refractivity contribution in [2.24, 2.45) is 5.73 Å². The lowest BCUT2D eigenvalue weighted by atomic mass is 9.93. The van der Waals surface area contributed by atoms with Crippen LogP contribution in [0.2, 0.25) is 0 Å². The first-order valence-corrected chi connectivity index (χ1v) is 6.35. The molecule has 0 saturated heterocycles. The first-order valence-electron chi connectivity index (χ1n) is 6.35. The van der Waals surface area contributed by atoms with Gasteiger partial charge >= 0.3 is 18.5 Å². The van der Waals surface area contributed by atoms with Crippen molar-refractivity contribution in [2.75, 3.05) is 7.11 Å². The highest BCUT2D eigenvalue weighted by atomic mass is 35.5. The molecule has 0 unspecified atom stereocenters. The van der Waals surface area contributed by atoms with E-state index in [0.717, 1.165) is 7.11 Å². The number of benzene rings is 1. The number of alkyl halides is 9. The number of rotatable bonds is 4. The fourth-order valence-corrected chi connectivity index (χ4v) is 2.04. The van der Waals surface area contributed by atoms with E-state index in [2.05, 4.69) is 4.74 Å². The van der Waals surface area contributed by atoms with E-state index >= 15 is 0 Å². The number of hydrogen-bond donors (Lipinski definition) is 1. The van der Waals surface area contributed by atoms with Gasteiger partial charge in [-0.2, -0.15) is 39.5 Å². The second kappa shape index (κ2) is 7.90. The fourth-order valence-electron chi connectivity index (χ4n) is 2.04. The molecular weight excluding hydrogens is 393 g/mol. The summed E-state index contributed by atoms with van der Waals surface area (Å²) in [6.07, 6.45) is -17.4. The van der Waals surface area contributed by atoms with Crippen LogP contribution in [0.25, 0.3) is 0 Å². The van der Waals surface area contributed by atoms with Crippen LogP contribution in [0, 0.1) is 0 Å². The Balaban J connectivity index is 0.00000576. The van der Waals surface area contributed by atoms with Crippen molar-refractivity contribution in [1.29, 1.82) is 0 Å². The van der Waals surface area contributed by atoms with Crippen molar-refractivity contribution in [3.05, 3.63) is 28.8 Å².